The summed E-state index contributed by atoms with van der Waals surface area (Å²) in [5, 5.41) is 8.70. The third-order valence-corrected chi connectivity index (χ3v) is 2.28. The van der Waals surface area contributed by atoms with Gasteiger partial charge in [0.25, 0.3) is 0 Å². The lowest BCUT2D eigenvalue weighted by atomic mass is 10.1. The van der Waals surface area contributed by atoms with Crippen LogP contribution in [-0.4, -0.2) is 9.97 Å². The van der Waals surface area contributed by atoms with Gasteiger partial charge in [-0.2, -0.15) is 5.26 Å². The molecule has 1 heterocycles. The largest absolute Gasteiger partial charge is 0.368 e. The number of benzene rings is 1. The Hall–Kier alpha value is -2.41. The molecule has 0 bridgehead atoms. The highest BCUT2D eigenvalue weighted by Crippen LogP contribution is 2.21. The molecular weight excluding hydrogens is 200 g/mol. The molecule has 78 valence electrons. The zero-order valence-electron chi connectivity index (χ0n) is 8.81. The number of aryl methyl sites for hydroxylation is 1. The smallest absolute Gasteiger partial charge is 0.220 e. The third kappa shape index (κ3) is 1.84. The van der Waals surface area contributed by atoms with Crippen molar-refractivity contribution in [2.45, 2.75) is 6.92 Å². The molecule has 16 heavy (non-hydrogen) atoms. The lowest BCUT2D eigenvalue weighted by molar-refractivity contribution is 1.15. The van der Waals surface area contributed by atoms with Crippen molar-refractivity contribution in [2.24, 2.45) is 0 Å². The van der Waals surface area contributed by atoms with Crippen molar-refractivity contribution in [1.29, 1.82) is 5.26 Å². The Kier molecular flexibility index (Phi) is 2.52. The third-order valence-electron chi connectivity index (χ3n) is 2.28. The van der Waals surface area contributed by atoms with Crippen LogP contribution in [-0.2, 0) is 0 Å². The number of rotatable bonds is 1. The molecule has 2 rings (SSSR count). The average Bonchev–Trinajstić information content (AvgIpc) is 2.32. The normalized spacial score (nSPS) is 9.75. The van der Waals surface area contributed by atoms with E-state index in [4.69, 9.17) is 11.0 Å². The monoisotopic (exact) mass is 210 g/mol. The first-order valence-electron chi connectivity index (χ1n) is 4.80. The van der Waals surface area contributed by atoms with E-state index in [0.717, 1.165) is 16.8 Å². The fourth-order valence-electron chi connectivity index (χ4n) is 1.45. The van der Waals surface area contributed by atoms with Crippen LogP contribution in [0.4, 0.5) is 5.95 Å². The van der Waals surface area contributed by atoms with Crippen LogP contribution < -0.4 is 5.73 Å². The van der Waals surface area contributed by atoms with Gasteiger partial charge in [0.2, 0.25) is 5.95 Å². The van der Waals surface area contributed by atoms with Crippen molar-refractivity contribution in [3.05, 3.63) is 41.6 Å². The molecule has 0 radical (unpaired) electrons. The van der Waals surface area contributed by atoms with Gasteiger partial charge in [-0.25, -0.2) is 9.97 Å². The van der Waals surface area contributed by atoms with Gasteiger partial charge in [0.05, 0.1) is 17.3 Å². The Morgan fingerprint density at radius 3 is 2.56 bits per heavy atom. The molecule has 0 fully saturated rings. The summed E-state index contributed by atoms with van der Waals surface area (Å²) in [7, 11) is 0. The summed E-state index contributed by atoms with van der Waals surface area (Å²) in [6, 6.07) is 9.30. The van der Waals surface area contributed by atoms with Crippen LogP contribution in [0.1, 0.15) is 11.1 Å². The molecule has 2 aromatic rings. The van der Waals surface area contributed by atoms with Crippen LogP contribution in [0.5, 0.6) is 0 Å². The molecule has 4 heteroatoms. The molecule has 0 unspecified atom stereocenters. The summed E-state index contributed by atoms with van der Waals surface area (Å²) in [5.74, 6) is 0.255. The van der Waals surface area contributed by atoms with Crippen molar-refractivity contribution in [2.75, 3.05) is 5.73 Å². The highest BCUT2D eigenvalue weighted by atomic mass is 15.0. The van der Waals surface area contributed by atoms with E-state index in [1.54, 1.807) is 18.3 Å². The van der Waals surface area contributed by atoms with Crippen LogP contribution in [0, 0.1) is 18.3 Å². The second-order valence-corrected chi connectivity index (χ2v) is 3.45. The van der Waals surface area contributed by atoms with Crippen LogP contribution in [0.15, 0.2) is 30.5 Å². The van der Waals surface area contributed by atoms with Crippen LogP contribution in [0.25, 0.3) is 11.3 Å². The molecule has 4 nitrogen and oxygen atoms in total. The van der Waals surface area contributed by atoms with E-state index in [1.165, 1.54) is 0 Å². The molecule has 0 saturated heterocycles. The van der Waals surface area contributed by atoms with Crippen LogP contribution in [0.2, 0.25) is 0 Å². The maximum Gasteiger partial charge on any atom is 0.220 e. The quantitative estimate of drug-likeness (QED) is 0.780. The second kappa shape index (κ2) is 3.99. The van der Waals surface area contributed by atoms with Gasteiger partial charge >= 0.3 is 0 Å². The number of nitrogens with zero attached hydrogens (tertiary/aromatic N) is 3. The molecule has 0 aliphatic heterocycles. The lowest BCUT2D eigenvalue weighted by Gasteiger charge is -2.04. The minimum absolute atomic E-state index is 0.255. The molecule has 0 saturated carbocycles. The summed E-state index contributed by atoms with van der Waals surface area (Å²) in [6.45, 7) is 1.92. The number of nitrogens with two attached hydrogens (primary N) is 1. The molecule has 2 N–H and O–H groups in total. The van der Waals surface area contributed by atoms with Crippen molar-refractivity contribution in [3.63, 3.8) is 0 Å². The Labute approximate surface area is 93.4 Å². The first kappa shape index (κ1) is 10.1. The van der Waals surface area contributed by atoms with E-state index in [2.05, 4.69) is 16.0 Å². The van der Waals surface area contributed by atoms with Crippen molar-refractivity contribution in [3.8, 4) is 17.3 Å². The van der Waals surface area contributed by atoms with Gasteiger partial charge in [0, 0.05) is 11.8 Å². The molecule has 1 aromatic heterocycles. The Morgan fingerprint density at radius 2 is 1.94 bits per heavy atom. The van der Waals surface area contributed by atoms with Crippen LogP contribution >= 0.6 is 0 Å². The van der Waals surface area contributed by atoms with E-state index in [0.29, 0.717) is 5.56 Å². The standard InChI is InChI=1S/C12H10N4/c1-8-7-15-12(14)16-11(8)10-4-2-9(6-13)3-5-10/h2-5,7H,1H3,(H2,14,15,16). The molecule has 0 amide bonds. The van der Waals surface area contributed by atoms with E-state index in [-0.39, 0.29) is 5.95 Å². The Morgan fingerprint density at radius 1 is 1.25 bits per heavy atom. The zero-order valence-corrected chi connectivity index (χ0v) is 8.81. The van der Waals surface area contributed by atoms with Gasteiger partial charge in [-0.15, -0.1) is 0 Å². The van der Waals surface area contributed by atoms with Gasteiger partial charge in [-0.1, -0.05) is 12.1 Å². The topological polar surface area (TPSA) is 75.6 Å². The summed E-state index contributed by atoms with van der Waals surface area (Å²) < 4.78 is 0. The summed E-state index contributed by atoms with van der Waals surface area (Å²) in [6.07, 6.45) is 1.69. The Bertz CT molecular complexity index is 552. The predicted octanol–water partition coefficient (Wildman–Crippen LogP) is 1.91. The molecule has 0 atom stereocenters. The minimum atomic E-state index is 0.255. The summed E-state index contributed by atoms with van der Waals surface area (Å²) >= 11 is 0. The van der Waals surface area contributed by atoms with E-state index >= 15 is 0 Å². The maximum atomic E-state index is 8.70. The Balaban J connectivity index is 2.50. The van der Waals surface area contributed by atoms with Crippen molar-refractivity contribution >= 4 is 5.95 Å². The van der Waals surface area contributed by atoms with Gasteiger partial charge in [-0.05, 0) is 24.6 Å². The highest BCUT2D eigenvalue weighted by Gasteiger charge is 2.04. The number of aromatic nitrogens is 2. The van der Waals surface area contributed by atoms with Gasteiger partial charge in [-0.3, -0.25) is 0 Å². The fourth-order valence-corrected chi connectivity index (χ4v) is 1.45. The van der Waals surface area contributed by atoms with E-state index < -0.39 is 0 Å². The van der Waals surface area contributed by atoms with Crippen molar-refractivity contribution in [1.82, 2.24) is 9.97 Å². The van der Waals surface area contributed by atoms with Crippen molar-refractivity contribution < 1.29 is 0 Å². The number of hydrogen-bond donors (Lipinski definition) is 1. The SMILES string of the molecule is Cc1cnc(N)nc1-c1ccc(C#N)cc1. The highest BCUT2D eigenvalue weighted by molar-refractivity contribution is 5.64. The predicted molar refractivity (Wildman–Crippen MR) is 61.3 cm³/mol. The zero-order chi connectivity index (χ0) is 11.5. The number of nitriles is 1. The minimum Gasteiger partial charge on any atom is -0.368 e. The lowest BCUT2D eigenvalue weighted by Crippen LogP contribution is -1.98. The van der Waals surface area contributed by atoms with E-state index in [9.17, 15) is 0 Å². The molecule has 0 spiro atoms. The maximum absolute atomic E-state index is 8.70. The number of hydrogen-bond acceptors (Lipinski definition) is 4. The van der Waals surface area contributed by atoms with Crippen LogP contribution in [0.3, 0.4) is 0 Å². The summed E-state index contributed by atoms with van der Waals surface area (Å²) in [5.41, 5.74) is 8.87. The van der Waals surface area contributed by atoms with Gasteiger partial charge in [0.1, 0.15) is 0 Å². The van der Waals surface area contributed by atoms with Gasteiger partial charge < -0.3 is 5.73 Å². The molecule has 0 aliphatic rings. The first-order valence-corrected chi connectivity index (χ1v) is 4.80. The molecular formula is C12H10N4. The molecule has 1 aromatic carbocycles. The van der Waals surface area contributed by atoms with E-state index in [1.807, 2.05) is 19.1 Å². The molecule has 0 aliphatic carbocycles. The summed E-state index contributed by atoms with van der Waals surface area (Å²) in [4.78, 5) is 8.10. The second-order valence-electron chi connectivity index (χ2n) is 3.45. The first-order chi connectivity index (χ1) is 7.70. The number of anilines is 1. The fraction of sp³-hybridized carbons (Fsp3) is 0.0833. The van der Waals surface area contributed by atoms with Gasteiger partial charge in [0.15, 0.2) is 0 Å². The number of nitrogen functional groups attached to an aromatic ring is 1. The average molecular weight is 210 g/mol.